The molecule has 0 rings (SSSR count). The predicted octanol–water partition coefficient (Wildman–Crippen LogP) is 18.3. The van der Waals surface area contributed by atoms with Crippen LogP contribution in [-0.2, 0) is 28.6 Å². The molecule has 63 heavy (non-hydrogen) atoms. The van der Waals surface area contributed by atoms with Crippen LogP contribution in [0.1, 0.15) is 303 Å². The maximum absolute atomic E-state index is 12.7. The summed E-state index contributed by atoms with van der Waals surface area (Å²) >= 11 is 0. The second-order valence-corrected chi connectivity index (χ2v) is 18.9. The van der Waals surface area contributed by atoms with Crippen LogP contribution in [0.3, 0.4) is 0 Å². The highest BCUT2D eigenvalue weighted by Crippen LogP contribution is 2.17. The van der Waals surface area contributed by atoms with Crippen molar-refractivity contribution in [3.05, 3.63) is 24.3 Å². The largest absolute Gasteiger partial charge is 0.462 e. The van der Waals surface area contributed by atoms with Crippen molar-refractivity contribution in [3.63, 3.8) is 0 Å². The molecular weight excluding hydrogens is 781 g/mol. The SMILES string of the molecule is CCCCCCC/C=C\C/C=C\CCCCCCCCCCCCCCCC(=O)OCC(COC(=O)CCCCCCC)OC(=O)CCCCCCCCCCCCCCCCC. The topological polar surface area (TPSA) is 78.9 Å². The van der Waals surface area contributed by atoms with Gasteiger partial charge in [0.1, 0.15) is 13.2 Å². The molecule has 0 saturated carbocycles. The van der Waals surface area contributed by atoms with Crippen LogP contribution in [0.5, 0.6) is 0 Å². The number of carbonyl (C=O) groups is 3. The second kappa shape index (κ2) is 52.5. The Bertz CT molecular complexity index is 1020. The summed E-state index contributed by atoms with van der Waals surface area (Å²) in [5.41, 5.74) is 0. The molecule has 1 atom stereocenters. The molecule has 0 aromatic rings. The monoisotopic (exact) mass is 887 g/mol. The maximum atomic E-state index is 12.7. The quantitative estimate of drug-likeness (QED) is 0.0262. The fourth-order valence-electron chi connectivity index (χ4n) is 8.24. The van der Waals surface area contributed by atoms with E-state index in [4.69, 9.17) is 14.2 Å². The number of rotatable bonds is 51. The van der Waals surface area contributed by atoms with Crippen LogP contribution in [0.2, 0.25) is 0 Å². The number of ether oxygens (including phenoxy) is 3. The van der Waals surface area contributed by atoms with E-state index in [1.54, 1.807) is 0 Å². The van der Waals surface area contributed by atoms with Crippen LogP contribution < -0.4 is 0 Å². The van der Waals surface area contributed by atoms with E-state index in [1.807, 2.05) is 0 Å². The average molecular weight is 887 g/mol. The van der Waals surface area contributed by atoms with Crippen LogP contribution in [0.15, 0.2) is 24.3 Å². The van der Waals surface area contributed by atoms with Crippen molar-refractivity contribution in [2.75, 3.05) is 13.2 Å². The van der Waals surface area contributed by atoms with Crippen molar-refractivity contribution in [2.24, 2.45) is 0 Å². The van der Waals surface area contributed by atoms with E-state index in [0.29, 0.717) is 19.3 Å². The Morgan fingerprint density at radius 1 is 0.317 bits per heavy atom. The minimum Gasteiger partial charge on any atom is -0.462 e. The highest BCUT2D eigenvalue weighted by atomic mass is 16.6. The molecule has 0 radical (unpaired) electrons. The first-order valence-corrected chi connectivity index (χ1v) is 27.8. The molecule has 0 aromatic heterocycles. The van der Waals surface area contributed by atoms with Gasteiger partial charge >= 0.3 is 17.9 Å². The first-order valence-electron chi connectivity index (χ1n) is 27.8. The van der Waals surface area contributed by atoms with E-state index in [1.165, 1.54) is 193 Å². The Kier molecular flexibility index (Phi) is 50.8. The van der Waals surface area contributed by atoms with Gasteiger partial charge in [-0.1, -0.05) is 257 Å². The van der Waals surface area contributed by atoms with E-state index in [0.717, 1.165) is 70.6 Å². The van der Waals surface area contributed by atoms with Crippen molar-refractivity contribution in [1.29, 1.82) is 0 Å². The molecule has 1 unspecified atom stereocenters. The highest BCUT2D eigenvalue weighted by molar-refractivity contribution is 5.71. The lowest BCUT2D eigenvalue weighted by Crippen LogP contribution is -2.30. The lowest BCUT2D eigenvalue weighted by Gasteiger charge is -2.18. The molecule has 0 saturated heterocycles. The van der Waals surface area contributed by atoms with Crippen molar-refractivity contribution >= 4 is 17.9 Å². The molecule has 0 heterocycles. The molecular formula is C57H106O6. The van der Waals surface area contributed by atoms with Gasteiger partial charge < -0.3 is 14.2 Å². The van der Waals surface area contributed by atoms with Gasteiger partial charge in [-0.05, 0) is 51.4 Å². The number of carbonyl (C=O) groups excluding carboxylic acids is 3. The van der Waals surface area contributed by atoms with Gasteiger partial charge in [-0.3, -0.25) is 14.4 Å². The zero-order valence-corrected chi connectivity index (χ0v) is 42.4. The number of esters is 3. The average Bonchev–Trinajstić information content (AvgIpc) is 3.28. The zero-order chi connectivity index (χ0) is 45.8. The Hall–Kier alpha value is -2.11. The molecule has 0 aromatic carbocycles. The van der Waals surface area contributed by atoms with Crippen molar-refractivity contribution in [1.82, 2.24) is 0 Å². The van der Waals surface area contributed by atoms with E-state index in [-0.39, 0.29) is 31.1 Å². The molecule has 0 fully saturated rings. The van der Waals surface area contributed by atoms with E-state index >= 15 is 0 Å². The van der Waals surface area contributed by atoms with Crippen molar-refractivity contribution in [3.8, 4) is 0 Å². The van der Waals surface area contributed by atoms with Crippen molar-refractivity contribution in [2.45, 2.75) is 309 Å². The van der Waals surface area contributed by atoms with Gasteiger partial charge in [0, 0.05) is 19.3 Å². The Morgan fingerprint density at radius 2 is 0.571 bits per heavy atom. The zero-order valence-electron chi connectivity index (χ0n) is 42.4. The molecule has 0 aliphatic rings. The minimum atomic E-state index is -0.763. The predicted molar refractivity (Wildman–Crippen MR) is 270 cm³/mol. The lowest BCUT2D eigenvalue weighted by atomic mass is 10.0. The Balaban J connectivity index is 4.02. The Labute approximate surface area is 392 Å². The van der Waals surface area contributed by atoms with Gasteiger partial charge in [-0.15, -0.1) is 0 Å². The molecule has 6 nitrogen and oxygen atoms in total. The van der Waals surface area contributed by atoms with Crippen LogP contribution in [0, 0.1) is 0 Å². The third-order valence-electron chi connectivity index (χ3n) is 12.5. The second-order valence-electron chi connectivity index (χ2n) is 18.9. The van der Waals surface area contributed by atoms with Crippen molar-refractivity contribution < 1.29 is 28.6 Å². The van der Waals surface area contributed by atoms with Crippen LogP contribution in [0.4, 0.5) is 0 Å². The van der Waals surface area contributed by atoms with Gasteiger partial charge in [-0.25, -0.2) is 0 Å². The molecule has 0 N–H and O–H groups in total. The summed E-state index contributed by atoms with van der Waals surface area (Å²) in [4.78, 5) is 37.7. The Morgan fingerprint density at radius 3 is 0.873 bits per heavy atom. The summed E-state index contributed by atoms with van der Waals surface area (Å²) in [6.45, 7) is 6.58. The van der Waals surface area contributed by atoms with Gasteiger partial charge in [-0.2, -0.15) is 0 Å². The fraction of sp³-hybridized carbons (Fsp3) is 0.877. The fourth-order valence-corrected chi connectivity index (χ4v) is 8.24. The molecule has 370 valence electrons. The summed E-state index contributed by atoms with van der Waals surface area (Å²) in [6.07, 6.45) is 60.7. The van der Waals surface area contributed by atoms with E-state index < -0.39 is 6.10 Å². The normalized spacial score (nSPS) is 12.1. The molecule has 0 bridgehead atoms. The molecule has 0 amide bonds. The highest BCUT2D eigenvalue weighted by Gasteiger charge is 2.19. The third-order valence-corrected chi connectivity index (χ3v) is 12.5. The van der Waals surface area contributed by atoms with E-state index in [9.17, 15) is 14.4 Å². The van der Waals surface area contributed by atoms with Gasteiger partial charge in [0.15, 0.2) is 6.10 Å². The molecule has 0 spiro atoms. The first kappa shape index (κ1) is 60.9. The summed E-state index contributed by atoms with van der Waals surface area (Å²) in [7, 11) is 0. The molecule has 0 aliphatic heterocycles. The molecule has 6 heteroatoms. The number of hydrogen-bond acceptors (Lipinski definition) is 6. The number of allylic oxidation sites excluding steroid dienone is 4. The smallest absolute Gasteiger partial charge is 0.306 e. The lowest BCUT2D eigenvalue weighted by molar-refractivity contribution is -0.167. The number of hydrogen-bond donors (Lipinski definition) is 0. The first-order chi connectivity index (χ1) is 31.0. The summed E-state index contributed by atoms with van der Waals surface area (Å²) in [6, 6.07) is 0. The summed E-state index contributed by atoms with van der Waals surface area (Å²) in [5, 5.41) is 0. The van der Waals surface area contributed by atoms with Crippen LogP contribution in [0.25, 0.3) is 0 Å². The summed E-state index contributed by atoms with van der Waals surface area (Å²) < 4.78 is 16.7. The van der Waals surface area contributed by atoms with Gasteiger partial charge in [0.2, 0.25) is 0 Å². The maximum Gasteiger partial charge on any atom is 0.306 e. The van der Waals surface area contributed by atoms with Crippen LogP contribution in [-0.4, -0.2) is 37.2 Å². The van der Waals surface area contributed by atoms with E-state index in [2.05, 4.69) is 45.1 Å². The number of unbranched alkanes of at least 4 members (excludes halogenated alkanes) is 36. The molecule has 0 aliphatic carbocycles. The minimum absolute atomic E-state index is 0.0675. The van der Waals surface area contributed by atoms with Gasteiger partial charge in [0.25, 0.3) is 0 Å². The third kappa shape index (κ3) is 50.7. The summed E-state index contributed by atoms with van der Waals surface area (Å²) in [5.74, 6) is -0.866. The standard InChI is InChI=1S/C57H106O6/c1-4-7-10-13-15-17-19-21-23-24-25-26-27-28-29-30-31-32-34-35-37-39-41-44-47-50-56(59)62-53-54(52-61-55(58)49-46-43-12-9-6-3)63-57(60)51-48-45-42-40-38-36-33-22-20-18-16-14-11-8-5-2/h19,21,24-25,54H,4-18,20,22-23,26-53H2,1-3H3/b21-19-,25-24-. The van der Waals surface area contributed by atoms with Crippen LogP contribution >= 0.6 is 0 Å². The van der Waals surface area contributed by atoms with Gasteiger partial charge in [0.05, 0.1) is 0 Å².